The van der Waals surface area contributed by atoms with E-state index in [-0.39, 0.29) is 5.56 Å². The highest BCUT2D eigenvalue weighted by Crippen LogP contribution is 2.34. The fourth-order valence-electron chi connectivity index (χ4n) is 2.05. The van der Waals surface area contributed by atoms with Crippen LogP contribution in [-0.4, -0.2) is 17.7 Å². The number of fused-ring (bicyclic) bond motifs is 1. The molecule has 2 aromatic rings. The van der Waals surface area contributed by atoms with Crippen molar-refractivity contribution in [1.29, 1.82) is 0 Å². The van der Waals surface area contributed by atoms with Gasteiger partial charge in [0.2, 0.25) is 0 Å². The van der Waals surface area contributed by atoms with E-state index in [1.807, 2.05) is 30.3 Å². The van der Waals surface area contributed by atoms with Gasteiger partial charge in [0, 0.05) is 5.39 Å². The van der Waals surface area contributed by atoms with Gasteiger partial charge in [0.05, 0.1) is 6.61 Å². The third kappa shape index (κ3) is 2.04. The number of ether oxygens (including phenoxy) is 1. The van der Waals surface area contributed by atoms with Gasteiger partial charge < -0.3 is 9.84 Å². The van der Waals surface area contributed by atoms with E-state index in [2.05, 4.69) is 0 Å². The first-order valence-corrected chi connectivity index (χ1v) is 6.13. The van der Waals surface area contributed by atoms with Crippen molar-refractivity contribution in [1.82, 2.24) is 0 Å². The molecule has 1 aliphatic carbocycles. The average molecular weight is 242 g/mol. The van der Waals surface area contributed by atoms with Crippen LogP contribution in [0.3, 0.4) is 0 Å². The standard InChI is InChI=1S/C15H14O3/c16-15(17)13-8-7-11-3-1-2-4-12(11)14(13)18-9-10-5-6-10/h1-4,7-8,10H,5-6,9H2,(H,16,17). The first-order valence-electron chi connectivity index (χ1n) is 6.13. The van der Waals surface area contributed by atoms with Crippen LogP contribution in [0.5, 0.6) is 5.75 Å². The summed E-state index contributed by atoms with van der Waals surface area (Å²) in [4.78, 5) is 11.2. The normalized spacial score (nSPS) is 14.7. The van der Waals surface area contributed by atoms with E-state index in [4.69, 9.17) is 4.74 Å². The predicted octanol–water partition coefficient (Wildman–Crippen LogP) is 3.33. The maximum Gasteiger partial charge on any atom is 0.339 e. The molecule has 0 bridgehead atoms. The second-order valence-electron chi connectivity index (χ2n) is 4.72. The molecular weight excluding hydrogens is 228 g/mol. The Morgan fingerprint density at radius 3 is 2.72 bits per heavy atom. The van der Waals surface area contributed by atoms with Crippen molar-refractivity contribution in [3.63, 3.8) is 0 Å². The van der Waals surface area contributed by atoms with Gasteiger partial charge in [-0.3, -0.25) is 0 Å². The highest BCUT2D eigenvalue weighted by atomic mass is 16.5. The molecule has 0 aliphatic heterocycles. The van der Waals surface area contributed by atoms with Crippen LogP contribution in [0, 0.1) is 5.92 Å². The van der Waals surface area contributed by atoms with Gasteiger partial charge in [0.15, 0.2) is 0 Å². The Bertz CT molecular complexity index is 600. The third-order valence-corrected chi connectivity index (χ3v) is 3.27. The van der Waals surface area contributed by atoms with Crippen LogP contribution in [0.15, 0.2) is 36.4 Å². The molecule has 3 heteroatoms. The lowest BCUT2D eigenvalue weighted by atomic mass is 10.1. The van der Waals surface area contributed by atoms with Crippen molar-refractivity contribution in [2.24, 2.45) is 5.92 Å². The van der Waals surface area contributed by atoms with Gasteiger partial charge in [0.1, 0.15) is 11.3 Å². The Hall–Kier alpha value is -2.03. The van der Waals surface area contributed by atoms with E-state index < -0.39 is 5.97 Å². The maximum atomic E-state index is 11.2. The zero-order valence-corrected chi connectivity index (χ0v) is 9.93. The molecule has 0 saturated heterocycles. The molecule has 18 heavy (non-hydrogen) atoms. The Labute approximate surface area is 105 Å². The molecule has 0 radical (unpaired) electrons. The lowest BCUT2D eigenvalue weighted by molar-refractivity contribution is 0.0692. The average Bonchev–Trinajstić information content (AvgIpc) is 3.19. The number of hydrogen-bond donors (Lipinski definition) is 1. The zero-order chi connectivity index (χ0) is 12.5. The summed E-state index contributed by atoms with van der Waals surface area (Å²) in [7, 11) is 0. The summed E-state index contributed by atoms with van der Waals surface area (Å²) in [5.41, 5.74) is 0.245. The first-order chi connectivity index (χ1) is 8.75. The van der Waals surface area contributed by atoms with Gasteiger partial charge in [-0.2, -0.15) is 0 Å². The minimum absolute atomic E-state index is 0.245. The number of rotatable bonds is 4. The van der Waals surface area contributed by atoms with Crippen molar-refractivity contribution in [3.05, 3.63) is 42.0 Å². The molecule has 0 heterocycles. The van der Waals surface area contributed by atoms with Crippen molar-refractivity contribution >= 4 is 16.7 Å². The van der Waals surface area contributed by atoms with E-state index in [0.29, 0.717) is 18.3 Å². The number of aromatic carboxylic acids is 1. The van der Waals surface area contributed by atoms with Crippen LogP contribution in [0.2, 0.25) is 0 Å². The van der Waals surface area contributed by atoms with Crippen LogP contribution >= 0.6 is 0 Å². The molecule has 92 valence electrons. The highest BCUT2D eigenvalue weighted by molar-refractivity contribution is 6.00. The molecule has 0 unspecified atom stereocenters. The molecular formula is C15H14O3. The van der Waals surface area contributed by atoms with E-state index >= 15 is 0 Å². The van der Waals surface area contributed by atoms with Gasteiger partial charge in [-0.25, -0.2) is 4.79 Å². The van der Waals surface area contributed by atoms with Crippen molar-refractivity contribution in [2.45, 2.75) is 12.8 Å². The molecule has 1 aliphatic rings. The largest absolute Gasteiger partial charge is 0.492 e. The fourth-order valence-corrected chi connectivity index (χ4v) is 2.05. The number of carboxylic acid groups (broad SMARTS) is 1. The zero-order valence-electron chi connectivity index (χ0n) is 9.93. The minimum atomic E-state index is -0.938. The van der Waals surface area contributed by atoms with Gasteiger partial charge in [-0.05, 0) is 30.2 Å². The Morgan fingerprint density at radius 1 is 1.22 bits per heavy atom. The van der Waals surface area contributed by atoms with Crippen molar-refractivity contribution < 1.29 is 14.6 Å². The monoisotopic (exact) mass is 242 g/mol. The summed E-state index contributed by atoms with van der Waals surface area (Å²) < 4.78 is 5.75. The second-order valence-corrected chi connectivity index (χ2v) is 4.72. The SMILES string of the molecule is O=C(O)c1ccc2ccccc2c1OCC1CC1. The van der Waals surface area contributed by atoms with E-state index in [1.54, 1.807) is 6.07 Å². The molecule has 0 spiro atoms. The lowest BCUT2D eigenvalue weighted by Crippen LogP contribution is -2.06. The van der Waals surface area contributed by atoms with Gasteiger partial charge in [-0.1, -0.05) is 30.3 Å². The smallest absolute Gasteiger partial charge is 0.339 e. The molecule has 0 aromatic heterocycles. The van der Waals surface area contributed by atoms with Crippen molar-refractivity contribution in [2.75, 3.05) is 6.61 Å². The quantitative estimate of drug-likeness (QED) is 0.894. The number of benzene rings is 2. The molecule has 3 nitrogen and oxygen atoms in total. The van der Waals surface area contributed by atoms with Gasteiger partial charge in [-0.15, -0.1) is 0 Å². The summed E-state index contributed by atoms with van der Waals surface area (Å²) in [5.74, 6) is 0.171. The summed E-state index contributed by atoms with van der Waals surface area (Å²) in [6.07, 6.45) is 2.38. The summed E-state index contributed by atoms with van der Waals surface area (Å²) >= 11 is 0. The van der Waals surface area contributed by atoms with Crippen LogP contribution in [-0.2, 0) is 0 Å². The molecule has 0 atom stereocenters. The molecule has 2 aromatic carbocycles. The van der Waals surface area contributed by atoms with Crippen LogP contribution in [0.25, 0.3) is 10.8 Å². The van der Waals surface area contributed by atoms with Crippen LogP contribution < -0.4 is 4.74 Å². The highest BCUT2D eigenvalue weighted by Gasteiger charge is 2.23. The lowest BCUT2D eigenvalue weighted by Gasteiger charge is -2.11. The molecule has 0 amide bonds. The first kappa shape index (κ1) is 11.1. The van der Waals surface area contributed by atoms with E-state index in [9.17, 15) is 9.90 Å². The van der Waals surface area contributed by atoms with Gasteiger partial charge in [0.25, 0.3) is 0 Å². The van der Waals surface area contributed by atoms with Crippen LogP contribution in [0.4, 0.5) is 0 Å². The number of carbonyl (C=O) groups is 1. The molecule has 1 fully saturated rings. The molecule has 1 N–H and O–H groups in total. The van der Waals surface area contributed by atoms with E-state index in [1.165, 1.54) is 12.8 Å². The van der Waals surface area contributed by atoms with Gasteiger partial charge >= 0.3 is 5.97 Å². The maximum absolute atomic E-state index is 11.2. The minimum Gasteiger partial charge on any atom is -0.492 e. The summed E-state index contributed by atoms with van der Waals surface area (Å²) in [6.45, 7) is 0.619. The Morgan fingerprint density at radius 2 is 2.00 bits per heavy atom. The number of hydrogen-bond acceptors (Lipinski definition) is 2. The summed E-state index contributed by atoms with van der Waals surface area (Å²) in [5, 5.41) is 11.1. The fraction of sp³-hybridized carbons (Fsp3) is 0.267. The second kappa shape index (κ2) is 4.33. The van der Waals surface area contributed by atoms with Crippen molar-refractivity contribution in [3.8, 4) is 5.75 Å². The molecule has 3 rings (SSSR count). The summed E-state index contributed by atoms with van der Waals surface area (Å²) in [6, 6.07) is 11.1. The van der Waals surface area contributed by atoms with E-state index in [0.717, 1.165) is 10.8 Å². The predicted molar refractivity (Wildman–Crippen MR) is 69.1 cm³/mol. The Balaban J connectivity index is 2.08. The van der Waals surface area contributed by atoms with Crippen LogP contribution in [0.1, 0.15) is 23.2 Å². The third-order valence-electron chi connectivity index (χ3n) is 3.27. The number of carboxylic acids is 1. The Kier molecular flexibility index (Phi) is 2.67. The topological polar surface area (TPSA) is 46.5 Å². The molecule has 1 saturated carbocycles.